The second kappa shape index (κ2) is 12.3. The van der Waals surface area contributed by atoms with Crippen molar-refractivity contribution in [1.29, 1.82) is 0 Å². The van der Waals surface area contributed by atoms with E-state index < -0.39 is 6.55 Å². The first kappa shape index (κ1) is 29.5. The van der Waals surface area contributed by atoms with Crippen molar-refractivity contribution in [3.63, 3.8) is 0 Å². The number of nitrogens with zero attached hydrogens (tertiary/aromatic N) is 6. The number of carbonyl (C=O) groups excluding carboxylic acids is 1. The highest BCUT2D eigenvalue weighted by Crippen LogP contribution is 2.37. The van der Waals surface area contributed by atoms with Gasteiger partial charge in [-0.1, -0.05) is 23.7 Å². The number of halogens is 3. The molecule has 1 amide bonds. The van der Waals surface area contributed by atoms with Gasteiger partial charge in [-0.05, 0) is 49.3 Å². The highest BCUT2D eigenvalue weighted by molar-refractivity contribution is 6.30. The summed E-state index contributed by atoms with van der Waals surface area (Å²) in [6.07, 6.45) is 4.16. The topological polar surface area (TPSA) is 104 Å². The van der Waals surface area contributed by atoms with Crippen molar-refractivity contribution in [2.45, 2.75) is 44.5 Å². The van der Waals surface area contributed by atoms with Gasteiger partial charge in [0, 0.05) is 48.3 Å². The van der Waals surface area contributed by atoms with Crippen LogP contribution < -0.4 is 15.0 Å². The summed E-state index contributed by atoms with van der Waals surface area (Å²) >= 11 is 6.09. The third kappa shape index (κ3) is 6.06. The van der Waals surface area contributed by atoms with Crippen molar-refractivity contribution >= 4 is 28.6 Å². The zero-order chi connectivity index (χ0) is 31.1. The third-order valence-corrected chi connectivity index (χ3v) is 8.82. The van der Waals surface area contributed by atoms with Crippen molar-refractivity contribution in [1.82, 2.24) is 29.1 Å². The molecule has 3 aliphatic rings. The number of hydrogen-bond acceptors (Lipinski definition) is 8. The number of cyclic esters (lactones) is 1. The van der Waals surface area contributed by atoms with Gasteiger partial charge >= 0.3 is 12.6 Å². The fourth-order valence-electron chi connectivity index (χ4n) is 5.98. The molecule has 0 radical (unpaired) electrons. The van der Waals surface area contributed by atoms with Gasteiger partial charge in [0.2, 0.25) is 0 Å². The number of aromatic nitrogens is 4. The van der Waals surface area contributed by atoms with Crippen LogP contribution in [0.2, 0.25) is 5.02 Å². The monoisotopic (exact) mass is 640 g/mol. The summed E-state index contributed by atoms with van der Waals surface area (Å²) in [5.41, 5.74) is 1.69. The summed E-state index contributed by atoms with van der Waals surface area (Å²) in [6.45, 7) is 1.19. The van der Waals surface area contributed by atoms with E-state index in [-0.39, 0.29) is 48.3 Å². The Morgan fingerprint density at radius 1 is 1.11 bits per heavy atom. The van der Waals surface area contributed by atoms with E-state index >= 15 is 0 Å². The molecule has 45 heavy (non-hydrogen) atoms. The van der Waals surface area contributed by atoms with E-state index in [1.165, 1.54) is 17.0 Å². The van der Waals surface area contributed by atoms with E-state index in [0.717, 1.165) is 25.1 Å². The number of alkyl halides is 2. The number of hydrogen-bond donors (Lipinski definition) is 0. The predicted molar refractivity (Wildman–Crippen MR) is 161 cm³/mol. The number of rotatable bonds is 10. The normalized spacial score (nSPS) is 19.9. The maximum Gasteiger partial charge on any atom is 0.410 e. The summed E-state index contributed by atoms with van der Waals surface area (Å²) in [5, 5.41) is 4.68. The molecule has 0 saturated carbocycles. The maximum atomic E-state index is 14.1. The molecule has 0 unspecified atom stereocenters. The van der Waals surface area contributed by atoms with Gasteiger partial charge in [0.1, 0.15) is 25.1 Å². The Hall–Kier alpha value is -4.23. The van der Waals surface area contributed by atoms with E-state index in [9.17, 15) is 18.4 Å². The number of benzene rings is 2. The van der Waals surface area contributed by atoms with Gasteiger partial charge in [-0.25, -0.2) is 9.48 Å². The molecule has 14 heteroatoms. The summed E-state index contributed by atoms with van der Waals surface area (Å²) in [6, 6.07) is 10.5. The van der Waals surface area contributed by atoms with Gasteiger partial charge in [0.15, 0.2) is 0 Å². The lowest BCUT2D eigenvalue weighted by Gasteiger charge is -2.33. The molecule has 7 rings (SSSR count). The first-order valence-corrected chi connectivity index (χ1v) is 15.3. The third-order valence-electron chi connectivity index (χ3n) is 8.57. The molecule has 4 aromatic rings. The lowest BCUT2D eigenvalue weighted by atomic mass is 10.0. The van der Waals surface area contributed by atoms with Crippen molar-refractivity contribution in [2.75, 3.05) is 39.4 Å². The maximum absolute atomic E-state index is 14.1. The Kier molecular flexibility index (Phi) is 8.04. The van der Waals surface area contributed by atoms with Gasteiger partial charge < -0.3 is 19.1 Å². The van der Waals surface area contributed by atoms with Gasteiger partial charge in [0.05, 0.1) is 29.7 Å². The van der Waals surface area contributed by atoms with E-state index in [0.29, 0.717) is 64.6 Å². The smallest absolute Gasteiger partial charge is 0.410 e. The molecule has 3 aliphatic heterocycles. The van der Waals surface area contributed by atoms with Crippen LogP contribution in [0.25, 0.3) is 22.0 Å². The van der Waals surface area contributed by atoms with Crippen LogP contribution in [0.3, 0.4) is 0 Å². The quantitative estimate of drug-likeness (QED) is 0.244. The van der Waals surface area contributed by atoms with E-state index in [2.05, 4.69) is 10.00 Å². The fraction of sp³-hybridized carbons (Fsp3) is 0.419. The number of amides is 1. The highest BCUT2D eigenvalue weighted by Gasteiger charge is 2.39. The number of likely N-dealkylation sites (tertiary alicyclic amines) is 1. The Bertz CT molecular complexity index is 1780. The standard InChI is InChI=1S/C31H31ClF2N6O5/c32-21-4-2-19(3-5-21)16-39-28(41)25-14-27(45-23-6-9-38-22(12-23)18-44-31(38)42)24(20-15-35-40(17-20)29(33)34)13-26(25)36-30(39)43-11-10-37-7-1-8-37/h2-5,13-15,17,22-23,29H,1,6-12,16,18H2/t22-,23-/m0/s1. The summed E-state index contributed by atoms with van der Waals surface area (Å²) in [4.78, 5) is 34.8. The van der Waals surface area contributed by atoms with E-state index in [4.69, 9.17) is 30.8 Å². The average Bonchev–Trinajstić information content (AvgIpc) is 3.64. The molecule has 0 spiro atoms. The van der Waals surface area contributed by atoms with Crippen LogP contribution >= 0.6 is 11.6 Å². The number of carbonyl (C=O) groups is 1. The van der Waals surface area contributed by atoms with Crippen LogP contribution in [0.1, 0.15) is 31.4 Å². The molecular weight excluding hydrogens is 610 g/mol. The van der Waals surface area contributed by atoms with E-state index in [1.54, 1.807) is 29.2 Å². The molecule has 236 valence electrons. The van der Waals surface area contributed by atoms with Crippen molar-refractivity contribution in [2.24, 2.45) is 0 Å². The lowest BCUT2D eigenvalue weighted by Crippen LogP contribution is -2.44. The zero-order valence-corrected chi connectivity index (χ0v) is 25.0. The van der Waals surface area contributed by atoms with E-state index in [1.807, 2.05) is 12.1 Å². The van der Waals surface area contributed by atoms with Gasteiger partial charge in [-0.3, -0.25) is 14.3 Å². The Morgan fingerprint density at radius 3 is 2.67 bits per heavy atom. The molecular formula is C31H31ClF2N6O5. The molecule has 2 atom stereocenters. The minimum Gasteiger partial charge on any atom is -0.490 e. The Balaban J connectivity index is 1.29. The molecule has 0 aliphatic carbocycles. The van der Waals surface area contributed by atoms with Gasteiger partial charge in [-0.15, -0.1) is 0 Å². The molecule has 5 heterocycles. The summed E-state index contributed by atoms with van der Waals surface area (Å²) in [7, 11) is 0. The molecule has 2 aromatic carbocycles. The number of ether oxygens (including phenoxy) is 3. The minimum absolute atomic E-state index is 0.115. The van der Waals surface area contributed by atoms with Crippen molar-refractivity contribution < 1.29 is 27.8 Å². The van der Waals surface area contributed by atoms with Crippen LogP contribution in [-0.2, 0) is 11.3 Å². The van der Waals surface area contributed by atoms with Crippen molar-refractivity contribution in [3.8, 4) is 22.9 Å². The predicted octanol–water partition coefficient (Wildman–Crippen LogP) is 4.80. The van der Waals surface area contributed by atoms with Crippen LogP contribution in [0.15, 0.2) is 53.6 Å². The molecule has 0 N–H and O–H groups in total. The van der Waals surface area contributed by atoms with Crippen LogP contribution in [0.5, 0.6) is 11.8 Å². The molecule has 3 fully saturated rings. The molecule has 2 aromatic heterocycles. The molecule has 11 nitrogen and oxygen atoms in total. The zero-order valence-electron chi connectivity index (χ0n) is 24.3. The van der Waals surface area contributed by atoms with Gasteiger partial charge in [-0.2, -0.15) is 18.9 Å². The summed E-state index contributed by atoms with van der Waals surface area (Å²) in [5.74, 6) is 0.336. The van der Waals surface area contributed by atoms with Gasteiger partial charge in [0.25, 0.3) is 11.6 Å². The lowest BCUT2D eigenvalue weighted by molar-refractivity contribution is 0.0566. The largest absolute Gasteiger partial charge is 0.490 e. The van der Waals surface area contributed by atoms with Crippen molar-refractivity contribution in [3.05, 3.63) is 69.7 Å². The van der Waals surface area contributed by atoms with Crippen LogP contribution in [0, 0.1) is 0 Å². The first-order chi connectivity index (χ1) is 21.8. The first-order valence-electron chi connectivity index (χ1n) is 14.9. The molecule has 0 bridgehead atoms. The molecule has 3 saturated heterocycles. The Morgan fingerprint density at radius 2 is 1.93 bits per heavy atom. The summed E-state index contributed by atoms with van der Waals surface area (Å²) < 4.78 is 46.8. The average molecular weight is 641 g/mol. The SMILES string of the molecule is O=C1OC[C@@H]2C[C@@H](Oc3cc4c(=O)n(Cc5ccc(Cl)cc5)c(OCCN5CCC5)nc4cc3-c3cnn(C(F)F)c3)CCN12. The van der Waals surface area contributed by atoms with Crippen LogP contribution in [0.4, 0.5) is 13.6 Å². The minimum atomic E-state index is -2.82. The Labute approximate surface area is 261 Å². The second-order valence-corrected chi connectivity index (χ2v) is 11.9. The van der Waals surface area contributed by atoms with Crippen LogP contribution in [-0.4, -0.2) is 86.8 Å². The number of piperidine rings is 1. The fourth-order valence-corrected chi connectivity index (χ4v) is 6.10. The highest BCUT2D eigenvalue weighted by atomic mass is 35.5. The number of fused-ring (bicyclic) bond motifs is 2. The second-order valence-electron chi connectivity index (χ2n) is 11.5.